The molecule has 1 aliphatic rings. The molecule has 3 heteroatoms. The second kappa shape index (κ2) is 4.07. The lowest BCUT2D eigenvalue weighted by Gasteiger charge is -2.41. The number of rotatable bonds is 2. The molecule has 0 saturated heterocycles. The van der Waals surface area contributed by atoms with Gasteiger partial charge in [0, 0.05) is 19.1 Å². The number of aliphatic hydroxyl groups excluding tert-OH is 1. The van der Waals surface area contributed by atoms with Crippen molar-refractivity contribution < 1.29 is 14.6 Å². The second-order valence-corrected chi connectivity index (χ2v) is 4.55. The largest absolute Gasteiger partial charge is 0.484 e. The van der Waals surface area contributed by atoms with Crippen LogP contribution in [0.1, 0.15) is 31.9 Å². The zero-order valence-electron chi connectivity index (χ0n) is 9.93. The van der Waals surface area contributed by atoms with Crippen LogP contribution in [0.15, 0.2) is 24.3 Å². The normalized spacial score (nSPS) is 30.4. The number of aliphatic hydroxyl groups is 1. The predicted octanol–water partition coefficient (Wildman–Crippen LogP) is 2.30. The fourth-order valence-corrected chi connectivity index (χ4v) is 2.13. The van der Waals surface area contributed by atoms with E-state index in [4.69, 9.17) is 9.47 Å². The van der Waals surface area contributed by atoms with E-state index in [1.807, 2.05) is 38.1 Å². The van der Waals surface area contributed by atoms with Crippen LogP contribution in [0.25, 0.3) is 0 Å². The van der Waals surface area contributed by atoms with Crippen molar-refractivity contribution in [2.75, 3.05) is 7.11 Å². The first kappa shape index (κ1) is 11.4. The van der Waals surface area contributed by atoms with Gasteiger partial charge in [-0.2, -0.15) is 0 Å². The van der Waals surface area contributed by atoms with E-state index in [9.17, 15) is 5.11 Å². The monoisotopic (exact) mass is 222 g/mol. The number of hydrogen-bond donors (Lipinski definition) is 1. The highest BCUT2D eigenvalue weighted by Gasteiger charge is 2.41. The quantitative estimate of drug-likeness (QED) is 0.834. The SMILES string of the molecule is COC(C)C1(C)C[C@H](O)c2ccccc2O1. The summed E-state index contributed by atoms with van der Waals surface area (Å²) < 4.78 is 11.3. The van der Waals surface area contributed by atoms with Gasteiger partial charge in [0.25, 0.3) is 0 Å². The summed E-state index contributed by atoms with van der Waals surface area (Å²) in [7, 11) is 1.66. The zero-order chi connectivity index (χ0) is 11.8. The first-order valence-corrected chi connectivity index (χ1v) is 5.55. The lowest BCUT2D eigenvalue weighted by atomic mass is 9.86. The Hall–Kier alpha value is -1.06. The van der Waals surface area contributed by atoms with Gasteiger partial charge in [0.2, 0.25) is 0 Å². The van der Waals surface area contributed by atoms with E-state index >= 15 is 0 Å². The lowest BCUT2D eigenvalue weighted by molar-refractivity contribution is -0.0919. The van der Waals surface area contributed by atoms with Gasteiger partial charge in [-0.3, -0.25) is 0 Å². The van der Waals surface area contributed by atoms with Crippen molar-refractivity contribution in [3.63, 3.8) is 0 Å². The smallest absolute Gasteiger partial charge is 0.135 e. The van der Waals surface area contributed by atoms with Gasteiger partial charge in [-0.25, -0.2) is 0 Å². The molecule has 0 spiro atoms. The number of hydrogen-bond acceptors (Lipinski definition) is 3. The van der Waals surface area contributed by atoms with Crippen LogP contribution in [0.4, 0.5) is 0 Å². The standard InChI is InChI=1S/C13H18O3/c1-9(15-3)13(2)8-11(14)10-6-4-5-7-12(10)16-13/h4-7,9,11,14H,8H2,1-3H3/t9?,11-,13?/m0/s1. The van der Waals surface area contributed by atoms with Crippen molar-refractivity contribution in [1.29, 1.82) is 0 Å². The molecule has 0 bridgehead atoms. The summed E-state index contributed by atoms with van der Waals surface area (Å²) in [5, 5.41) is 10.1. The van der Waals surface area contributed by atoms with Gasteiger partial charge >= 0.3 is 0 Å². The molecule has 16 heavy (non-hydrogen) atoms. The molecule has 2 rings (SSSR count). The van der Waals surface area contributed by atoms with Crippen molar-refractivity contribution in [2.24, 2.45) is 0 Å². The summed E-state index contributed by atoms with van der Waals surface area (Å²) in [4.78, 5) is 0. The predicted molar refractivity (Wildman–Crippen MR) is 61.5 cm³/mol. The molecule has 88 valence electrons. The summed E-state index contributed by atoms with van der Waals surface area (Å²) in [5.41, 5.74) is 0.394. The Labute approximate surface area is 96.0 Å². The lowest BCUT2D eigenvalue weighted by Crippen LogP contribution is -2.47. The highest BCUT2D eigenvalue weighted by molar-refractivity contribution is 5.38. The Bertz CT molecular complexity index is 377. The van der Waals surface area contributed by atoms with Crippen LogP contribution in [0.3, 0.4) is 0 Å². The highest BCUT2D eigenvalue weighted by atomic mass is 16.5. The number of fused-ring (bicyclic) bond motifs is 1. The zero-order valence-corrected chi connectivity index (χ0v) is 9.93. The summed E-state index contributed by atoms with van der Waals surface area (Å²) in [5.74, 6) is 0.757. The van der Waals surface area contributed by atoms with Crippen molar-refractivity contribution in [1.82, 2.24) is 0 Å². The third-order valence-corrected chi connectivity index (χ3v) is 3.43. The van der Waals surface area contributed by atoms with Gasteiger partial charge in [-0.05, 0) is 19.9 Å². The van der Waals surface area contributed by atoms with Crippen LogP contribution in [0.2, 0.25) is 0 Å². The van der Waals surface area contributed by atoms with Gasteiger partial charge < -0.3 is 14.6 Å². The minimum absolute atomic E-state index is 0.0597. The van der Waals surface area contributed by atoms with Gasteiger partial charge in [-0.15, -0.1) is 0 Å². The Morgan fingerprint density at radius 3 is 2.88 bits per heavy atom. The van der Waals surface area contributed by atoms with E-state index in [1.165, 1.54) is 0 Å². The van der Waals surface area contributed by atoms with Crippen LogP contribution in [0, 0.1) is 0 Å². The fraction of sp³-hybridized carbons (Fsp3) is 0.538. The van der Waals surface area contributed by atoms with Crippen LogP contribution in [0.5, 0.6) is 5.75 Å². The molecule has 1 heterocycles. The molecule has 1 N–H and O–H groups in total. The third kappa shape index (κ3) is 1.81. The van der Waals surface area contributed by atoms with Crippen LogP contribution in [-0.2, 0) is 4.74 Å². The molecule has 0 radical (unpaired) electrons. The van der Waals surface area contributed by atoms with Crippen molar-refractivity contribution >= 4 is 0 Å². The van der Waals surface area contributed by atoms with Crippen molar-refractivity contribution in [2.45, 2.75) is 38.1 Å². The van der Waals surface area contributed by atoms with Crippen LogP contribution in [-0.4, -0.2) is 23.9 Å². The third-order valence-electron chi connectivity index (χ3n) is 3.43. The number of para-hydroxylation sites is 1. The van der Waals surface area contributed by atoms with E-state index in [0.717, 1.165) is 11.3 Å². The Balaban J connectivity index is 2.33. The molecule has 0 aromatic heterocycles. The molecule has 1 aromatic rings. The summed E-state index contributed by atoms with van der Waals surface area (Å²) >= 11 is 0. The molecular weight excluding hydrogens is 204 g/mol. The summed E-state index contributed by atoms with van der Waals surface area (Å²) in [6, 6.07) is 7.61. The van der Waals surface area contributed by atoms with Gasteiger partial charge in [0.1, 0.15) is 11.4 Å². The highest BCUT2D eigenvalue weighted by Crippen LogP contribution is 2.41. The van der Waals surface area contributed by atoms with E-state index in [2.05, 4.69) is 0 Å². The van der Waals surface area contributed by atoms with E-state index in [1.54, 1.807) is 7.11 Å². The van der Waals surface area contributed by atoms with E-state index in [0.29, 0.717) is 6.42 Å². The average molecular weight is 222 g/mol. The minimum Gasteiger partial charge on any atom is -0.484 e. The second-order valence-electron chi connectivity index (χ2n) is 4.55. The molecule has 2 unspecified atom stereocenters. The topological polar surface area (TPSA) is 38.7 Å². The van der Waals surface area contributed by atoms with Gasteiger partial charge in [-0.1, -0.05) is 18.2 Å². The molecule has 0 fully saturated rings. The maximum atomic E-state index is 10.1. The Morgan fingerprint density at radius 1 is 1.50 bits per heavy atom. The first-order valence-electron chi connectivity index (χ1n) is 5.55. The molecule has 1 aliphatic heterocycles. The minimum atomic E-state index is -0.479. The summed E-state index contributed by atoms with van der Waals surface area (Å²) in [6.45, 7) is 3.93. The van der Waals surface area contributed by atoms with Crippen LogP contribution < -0.4 is 4.74 Å². The number of methoxy groups -OCH3 is 1. The Kier molecular flexibility index (Phi) is 2.91. The number of benzene rings is 1. The Morgan fingerprint density at radius 2 is 2.19 bits per heavy atom. The number of ether oxygens (including phenoxy) is 2. The molecule has 3 atom stereocenters. The van der Waals surface area contributed by atoms with Gasteiger partial charge in [0.15, 0.2) is 0 Å². The molecule has 1 aromatic carbocycles. The van der Waals surface area contributed by atoms with E-state index in [-0.39, 0.29) is 6.10 Å². The van der Waals surface area contributed by atoms with Gasteiger partial charge in [0.05, 0.1) is 12.2 Å². The molecule has 0 saturated carbocycles. The van der Waals surface area contributed by atoms with E-state index < -0.39 is 11.7 Å². The molecule has 0 amide bonds. The molecule has 3 nitrogen and oxygen atoms in total. The maximum Gasteiger partial charge on any atom is 0.135 e. The maximum absolute atomic E-state index is 10.1. The van der Waals surface area contributed by atoms with Crippen molar-refractivity contribution in [3.8, 4) is 5.75 Å². The average Bonchev–Trinajstić information content (AvgIpc) is 2.27. The van der Waals surface area contributed by atoms with Crippen molar-refractivity contribution in [3.05, 3.63) is 29.8 Å². The molecule has 0 aliphatic carbocycles. The fourth-order valence-electron chi connectivity index (χ4n) is 2.13. The van der Waals surface area contributed by atoms with Crippen LogP contribution >= 0.6 is 0 Å². The first-order chi connectivity index (χ1) is 7.57. The summed E-state index contributed by atoms with van der Waals surface area (Å²) in [6.07, 6.45) is 0.0157. The molecular formula is C13H18O3.